The number of nitro groups is 1. The van der Waals surface area contributed by atoms with E-state index in [0.29, 0.717) is 5.52 Å². The molecule has 8 heteroatoms. The van der Waals surface area contributed by atoms with Crippen molar-refractivity contribution in [2.45, 2.75) is 0 Å². The predicted molar refractivity (Wildman–Crippen MR) is 75.5 cm³/mol. The third-order valence-electron chi connectivity index (χ3n) is 2.65. The molecule has 0 unspecified atom stereocenters. The molecule has 0 N–H and O–H groups in total. The Hall–Kier alpha value is -2.77. The van der Waals surface area contributed by atoms with E-state index in [-0.39, 0.29) is 22.6 Å². The van der Waals surface area contributed by atoms with Crippen LogP contribution in [-0.2, 0) is 7.05 Å². The number of hydrogen-bond acceptors (Lipinski definition) is 5. The molecule has 0 aliphatic heterocycles. The molecule has 2 aromatic rings. The van der Waals surface area contributed by atoms with E-state index in [9.17, 15) is 14.9 Å². The molecular weight excluding hydrogens is 262 g/mol. The number of hydrogen-bond donors (Lipinski definition) is 0. The lowest BCUT2D eigenvalue weighted by Gasteiger charge is -2.06. The van der Waals surface area contributed by atoms with Crippen LogP contribution in [0.4, 0.5) is 11.6 Å². The van der Waals surface area contributed by atoms with Gasteiger partial charge in [-0.15, -0.1) is 0 Å². The van der Waals surface area contributed by atoms with Gasteiger partial charge >= 0.3 is 0 Å². The fourth-order valence-corrected chi connectivity index (χ4v) is 1.64. The average molecular weight is 275 g/mol. The first-order valence-corrected chi connectivity index (χ1v) is 5.76. The quantitative estimate of drug-likeness (QED) is 0.361. The first-order chi connectivity index (χ1) is 9.40. The van der Waals surface area contributed by atoms with Gasteiger partial charge in [0.2, 0.25) is 5.95 Å². The van der Waals surface area contributed by atoms with E-state index in [1.54, 1.807) is 19.0 Å². The molecule has 1 aromatic carbocycles. The summed E-state index contributed by atoms with van der Waals surface area (Å²) in [5.41, 5.74) is -0.129. The normalized spacial score (nSPS) is 11.2. The highest BCUT2D eigenvalue weighted by Crippen LogP contribution is 2.18. The molecule has 0 saturated carbocycles. The Morgan fingerprint density at radius 3 is 2.75 bits per heavy atom. The van der Waals surface area contributed by atoms with Crippen molar-refractivity contribution < 1.29 is 4.92 Å². The SMILES string of the molecule is CN(C)/C=N/c1nc2ccc([N+](=O)[O-])cc2c(=O)n1C. The molecule has 0 radical (unpaired) electrons. The lowest BCUT2D eigenvalue weighted by atomic mass is 10.2. The number of rotatable bonds is 3. The molecule has 20 heavy (non-hydrogen) atoms. The molecule has 2 rings (SSSR count). The van der Waals surface area contributed by atoms with Gasteiger partial charge in [0.05, 0.1) is 22.2 Å². The second kappa shape index (κ2) is 5.08. The highest BCUT2D eigenvalue weighted by Gasteiger charge is 2.12. The number of benzene rings is 1. The van der Waals surface area contributed by atoms with Crippen LogP contribution in [0.1, 0.15) is 0 Å². The zero-order valence-electron chi connectivity index (χ0n) is 11.3. The van der Waals surface area contributed by atoms with Crippen molar-refractivity contribution in [3.05, 3.63) is 38.7 Å². The molecule has 0 aliphatic carbocycles. The van der Waals surface area contributed by atoms with E-state index >= 15 is 0 Å². The first-order valence-electron chi connectivity index (χ1n) is 5.76. The molecule has 1 aromatic heterocycles. The summed E-state index contributed by atoms with van der Waals surface area (Å²) in [5, 5.41) is 10.9. The second-order valence-electron chi connectivity index (χ2n) is 4.44. The Morgan fingerprint density at radius 1 is 1.45 bits per heavy atom. The van der Waals surface area contributed by atoms with Gasteiger partial charge in [0, 0.05) is 33.3 Å². The standard InChI is InChI=1S/C12H13N5O3/c1-15(2)7-13-12-14-10-5-4-8(17(19)20)6-9(10)11(18)16(12)3/h4-7H,1-3H3/b13-7+. The maximum absolute atomic E-state index is 12.2. The topological polar surface area (TPSA) is 93.6 Å². The molecule has 0 aliphatic rings. The van der Waals surface area contributed by atoms with Crippen LogP contribution in [0.3, 0.4) is 0 Å². The third-order valence-corrected chi connectivity index (χ3v) is 2.65. The molecule has 0 spiro atoms. The lowest BCUT2D eigenvalue weighted by molar-refractivity contribution is -0.384. The smallest absolute Gasteiger partial charge is 0.270 e. The largest absolute Gasteiger partial charge is 0.369 e. The van der Waals surface area contributed by atoms with Crippen molar-refractivity contribution in [3.8, 4) is 0 Å². The summed E-state index contributed by atoms with van der Waals surface area (Å²) in [4.78, 5) is 32.4. The Bertz CT molecular complexity index is 764. The van der Waals surface area contributed by atoms with Crippen molar-refractivity contribution >= 4 is 28.9 Å². The summed E-state index contributed by atoms with van der Waals surface area (Å²) in [6, 6.07) is 3.99. The molecular formula is C12H13N5O3. The van der Waals surface area contributed by atoms with Crippen LogP contribution in [0.5, 0.6) is 0 Å². The van der Waals surface area contributed by atoms with Crippen LogP contribution >= 0.6 is 0 Å². The predicted octanol–water partition coefficient (Wildman–Crippen LogP) is 1.06. The van der Waals surface area contributed by atoms with Gasteiger partial charge < -0.3 is 4.90 Å². The van der Waals surface area contributed by atoms with Gasteiger partial charge in [-0.25, -0.2) is 9.98 Å². The average Bonchev–Trinajstić information content (AvgIpc) is 2.40. The minimum Gasteiger partial charge on any atom is -0.369 e. The molecule has 0 fully saturated rings. The van der Waals surface area contributed by atoms with E-state index in [1.807, 2.05) is 0 Å². The summed E-state index contributed by atoms with van der Waals surface area (Å²) in [5.74, 6) is 0.241. The Labute approximate surface area is 114 Å². The summed E-state index contributed by atoms with van der Waals surface area (Å²) in [6.07, 6.45) is 1.53. The molecule has 0 bridgehead atoms. The van der Waals surface area contributed by atoms with Gasteiger partial charge in [-0.2, -0.15) is 0 Å². The van der Waals surface area contributed by atoms with E-state index in [4.69, 9.17) is 0 Å². The number of nitro benzene ring substituents is 1. The van der Waals surface area contributed by atoms with Gasteiger partial charge in [-0.05, 0) is 6.07 Å². The molecule has 0 saturated heterocycles. The maximum atomic E-state index is 12.2. The first kappa shape index (κ1) is 13.7. The zero-order valence-corrected chi connectivity index (χ0v) is 11.3. The van der Waals surface area contributed by atoms with Crippen molar-refractivity contribution in [1.29, 1.82) is 0 Å². The van der Waals surface area contributed by atoms with E-state index in [1.165, 1.54) is 36.2 Å². The molecule has 8 nitrogen and oxygen atoms in total. The molecule has 0 atom stereocenters. The van der Waals surface area contributed by atoms with Crippen LogP contribution in [-0.4, -0.2) is 39.8 Å². The Kier molecular flexibility index (Phi) is 3.47. The van der Waals surface area contributed by atoms with Crippen LogP contribution in [0.15, 0.2) is 28.0 Å². The fraction of sp³-hybridized carbons (Fsp3) is 0.250. The number of aliphatic imine (C=N–C) groups is 1. The highest BCUT2D eigenvalue weighted by molar-refractivity contribution is 5.81. The summed E-state index contributed by atoms with van der Waals surface area (Å²) >= 11 is 0. The monoisotopic (exact) mass is 275 g/mol. The number of fused-ring (bicyclic) bond motifs is 1. The Morgan fingerprint density at radius 2 is 2.15 bits per heavy atom. The van der Waals surface area contributed by atoms with Crippen molar-refractivity contribution in [2.24, 2.45) is 12.0 Å². The van der Waals surface area contributed by atoms with Crippen LogP contribution in [0, 0.1) is 10.1 Å². The lowest BCUT2D eigenvalue weighted by Crippen LogP contribution is -2.18. The van der Waals surface area contributed by atoms with Crippen LogP contribution < -0.4 is 5.56 Å². The minimum atomic E-state index is -0.545. The van der Waals surface area contributed by atoms with Gasteiger partial charge in [0.25, 0.3) is 11.2 Å². The fourth-order valence-electron chi connectivity index (χ4n) is 1.64. The van der Waals surface area contributed by atoms with Crippen molar-refractivity contribution in [3.63, 3.8) is 0 Å². The maximum Gasteiger partial charge on any atom is 0.270 e. The van der Waals surface area contributed by atoms with Crippen LogP contribution in [0.2, 0.25) is 0 Å². The van der Waals surface area contributed by atoms with E-state index < -0.39 is 4.92 Å². The van der Waals surface area contributed by atoms with Crippen molar-refractivity contribution in [1.82, 2.24) is 14.5 Å². The Balaban J connectivity index is 2.68. The number of non-ortho nitro benzene ring substituents is 1. The van der Waals surface area contributed by atoms with E-state index in [2.05, 4.69) is 9.98 Å². The van der Waals surface area contributed by atoms with Crippen LogP contribution in [0.25, 0.3) is 10.9 Å². The molecule has 104 valence electrons. The molecule has 1 heterocycles. The summed E-state index contributed by atoms with van der Waals surface area (Å²) in [6.45, 7) is 0. The van der Waals surface area contributed by atoms with Gasteiger partial charge in [0.1, 0.15) is 0 Å². The zero-order chi connectivity index (χ0) is 14.9. The number of aromatic nitrogens is 2. The highest BCUT2D eigenvalue weighted by atomic mass is 16.6. The molecule has 0 amide bonds. The van der Waals surface area contributed by atoms with E-state index in [0.717, 1.165) is 0 Å². The minimum absolute atomic E-state index is 0.138. The summed E-state index contributed by atoms with van der Waals surface area (Å²) in [7, 11) is 5.12. The van der Waals surface area contributed by atoms with Gasteiger partial charge in [-0.3, -0.25) is 19.5 Å². The number of nitrogens with zero attached hydrogens (tertiary/aromatic N) is 5. The van der Waals surface area contributed by atoms with Gasteiger partial charge in [0.15, 0.2) is 0 Å². The third kappa shape index (κ3) is 2.48. The van der Waals surface area contributed by atoms with Crippen molar-refractivity contribution in [2.75, 3.05) is 14.1 Å². The second-order valence-corrected chi connectivity index (χ2v) is 4.44. The van der Waals surface area contributed by atoms with Gasteiger partial charge in [-0.1, -0.05) is 0 Å². The summed E-state index contributed by atoms with van der Waals surface area (Å²) < 4.78 is 1.26.